The first-order valence-electron chi connectivity index (χ1n) is 10.3. The van der Waals surface area contributed by atoms with Crippen molar-refractivity contribution in [1.29, 1.82) is 0 Å². The molecule has 0 atom stereocenters. The molecular formula is C26H24FN3O2. The lowest BCUT2D eigenvalue weighted by Crippen LogP contribution is -2.34. The van der Waals surface area contributed by atoms with Gasteiger partial charge < -0.3 is 9.80 Å². The predicted molar refractivity (Wildman–Crippen MR) is 124 cm³/mol. The van der Waals surface area contributed by atoms with Crippen LogP contribution >= 0.6 is 0 Å². The fourth-order valence-corrected chi connectivity index (χ4v) is 3.83. The number of hydrogen-bond acceptors (Lipinski definition) is 4. The van der Waals surface area contributed by atoms with E-state index in [2.05, 4.69) is 0 Å². The highest BCUT2D eigenvalue weighted by atomic mass is 19.1. The van der Waals surface area contributed by atoms with Crippen LogP contribution in [-0.2, 0) is 16.1 Å². The van der Waals surface area contributed by atoms with E-state index in [4.69, 9.17) is 0 Å². The van der Waals surface area contributed by atoms with E-state index in [1.165, 1.54) is 29.2 Å². The molecule has 4 rings (SSSR count). The highest BCUT2D eigenvalue weighted by Crippen LogP contribution is 2.35. The lowest BCUT2D eigenvalue weighted by Gasteiger charge is -2.22. The van der Waals surface area contributed by atoms with Gasteiger partial charge >= 0.3 is 0 Å². The summed E-state index contributed by atoms with van der Waals surface area (Å²) < 4.78 is 13.6. The summed E-state index contributed by atoms with van der Waals surface area (Å²) in [6.07, 6.45) is 0. The number of hydrogen-bond donors (Lipinski definition) is 0. The van der Waals surface area contributed by atoms with Gasteiger partial charge in [-0.3, -0.25) is 9.59 Å². The Morgan fingerprint density at radius 2 is 1.50 bits per heavy atom. The number of benzene rings is 3. The Labute approximate surface area is 187 Å². The van der Waals surface area contributed by atoms with Gasteiger partial charge in [0.1, 0.15) is 11.5 Å². The number of nitrogens with zero attached hydrogens (tertiary/aromatic N) is 3. The van der Waals surface area contributed by atoms with Gasteiger partial charge in [0.2, 0.25) is 0 Å². The number of carbonyl (C=O) groups excluding carboxylic acids is 2. The summed E-state index contributed by atoms with van der Waals surface area (Å²) in [5, 5.41) is 0. The van der Waals surface area contributed by atoms with Crippen LogP contribution in [-0.4, -0.2) is 37.9 Å². The maximum atomic E-state index is 13.6. The first-order valence-corrected chi connectivity index (χ1v) is 10.3. The van der Waals surface area contributed by atoms with Gasteiger partial charge in [0.15, 0.2) is 0 Å². The van der Waals surface area contributed by atoms with Crippen molar-refractivity contribution >= 4 is 28.8 Å². The maximum absolute atomic E-state index is 13.6. The highest BCUT2D eigenvalue weighted by Gasteiger charge is 2.41. The molecular weight excluding hydrogens is 405 g/mol. The van der Waals surface area contributed by atoms with E-state index in [1.54, 1.807) is 24.1 Å². The van der Waals surface area contributed by atoms with Gasteiger partial charge in [0.05, 0.1) is 11.3 Å². The average molecular weight is 429 g/mol. The standard InChI is InChI=1S/C26H24FN3O2/c1-28(2)21-10-7-11-22(16-21)30-25(31)23(19-12-14-20(27)15-13-19)24(26(30)32)29(3)17-18-8-5-4-6-9-18/h4-16H,17H2,1-3H3. The van der Waals surface area contributed by atoms with E-state index in [-0.39, 0.29) is 5.57 Å². The lowest BCUT2D eigenvalue weighted by molar-refractivity contribution is -0.120. The molecule has 0 aromatic heterocycles. The number of amides is 2. The summed E-state index contributed by atoms with van der Waals surface area (Å²) in [5.41, 5.74) is 3.44. The molecule has 0 bridgehead atoms. The van der Waals surface area contributed by atoms with Gasteiger partial charge in [-0.2, -0.15) is 0 Å². The molecule has 0 saturated carbocycles. The lowest BCUT2D eigenvalue weighted by atomic mass is 10.0. The third kappa shape index (κ3) is 3.99. The van der Waals surface area contributed by atoms with Crippen LogP contribution in [0.5, 0.6) is 0 Å². The van der Waals surface area contributed by atoms with E-state index >= 15 is 0 Å². The Kier molecular flexibility index (Phi) is 5.77. The van der Waals surface area contributed by atoms with E-state index in [1.807, 2.05) is 61.5 Å². The predicted octanol–water partition coefficient (Wildman–Crippen LogP) is 4.31. The van der Waals surface area contributed by atoms with Crippen LogP contribution in [0.4, 0.5) is 15.8 Å². The normalized spacial score (nSPS) is 13.7. The summed E-state index contributed by atoms with van der Waals surface area (Å²) in [7, 11) is 5.58. The molecule has 1 aliphatic rings. The zero-order chi connectivity index (χ0) is 22.8. The molecule has 5 nitrogen and oxygen atoms in total. The molecule has 3 aromatic carbocycles. The van der Waals surface area contributed by atoms with Crippen molar-refractivity contribution in [3.8, 4) is 0 Å². The van der Waals surface area contributed by atoms with E-state index in [0.717, 1.165) is 11.3 Å². The van der Waals surface area contributed by atoms with Crippen molar-refractivity contribution < 1.29 is 14.0 Å². The van der Waals surface area contributed by atoms with E-state index in [0.29, 0.717) is 23.5 Å². The summed E-state index contributed by atoms with van der Waals surface area (Å²) in [5.74, 6) is -1.23. The van der Waals surface area contributed by atoms with Gasteiger partial charge in [-0.05, 0) is 41.5 Å². The van der Waals surface area contributed by atoms with Crippen molar-refractivity contribution in [2.75, 3.05) is 30.9 Å². The number of rotatable bonds is 6. The quantitative estimate of drug-likeness (QED) is 0.548. The molecule has 32 heavy (non-hydrogen) atoms. The second kappa shape index (κ2) is 8.67. The average Bonchev–Trinajstić information content (AvgIpc) is 3.05. The maximum Gasteiger partial charge on any atom is 0.282 e. The summed E-state index contributed by atoms with van der Waals surface area (Å²) in [4.78, 5) is 32.0. The number of imide groups is 1. The summed E-state index contributed by atoms with van der Waals surface area (Å²) >= 11 is 0. The van der Waals surface area contributed by atoms with Crippen molar-refractivity contribution in [3.05, 3.63) is 102 Å². The zero-order valence-corrected chi connectivity index (χ0v) is 18.2. The Hall–Kier alpha value is -3.93. The Morgan fingerprint density at radius 3 is 2.16 bits per heavy atom. The number of anilines is 2. The molecule has 0 aliphatic carbocycles. The minimum absolute atomic E-state index is 0.267. The van der Waals surface area contributed by atoms with Crippen molar-refractivity contribution in [2.24, 2.45) is 0 Å². The largest absolute Gasteiger partial charge is 0.378 e. The molecule has 0 fully saturated rings. The van der Waals surface area contributed by atoms with Gasteiger partial charge in [-0.1, -0.05) is 48.5 Å². The number of halogens is 1. The fraction of sp³-hybridized carbons (Fsp3) is 0.154. The van der Waals surface area contributed by atoms with Gasteiger partial charge in [-0.15, -0.1) is 0 Å². The molecule has 0 saturated heterocycles. The van der Waals surface area contributed by atoms with Crippen LogP contribution in [0.3, 0.4) is 0 Å². The van der Waals surface area contributed by atoms with Gasteiger partial charge in [0, 0.05) is 33.4 Å². The van der Waals surface area contributed by atoms with E-state index in [9.17, 15) is 14.0 Å². The summed E-state index contributed by atoms with van der Waals surface area (Å²) in [6, 6.07) is 22.6. The third-order valence-corrected chi connectivity index (χ3v) is 5.44. The SMILES string of the molecule is CN(Cc1ccccc1)C1=C(c2ccc(F)cc2)C(=O)N(c2cccc(N(C)C)c2)C1=O. The second-order valence-corrected chi connectivity index (χ2v) is 7.93. The van der Waals surface area contributed by atoms with E-state index < -0.39 is 17.6 Å². The molecule has 1 aliphatic heterocycles. The van der Waals surface area contributed by atoms with Crippen molar-refractivity contribution in [3.63, 3.8) is 0 Å². The van der Waals surface area contributed by atoms with Gasteiger partial charge in [0.25, 0.3) is 11.8 Å². The van der Waals surface area contributed by atoms with Crippen molar-refractivity contribution in [2.45, 2.75) is 6.54 Å². The fourth-order valence-electron chi connectivity index (χ4n) is 3.83. The first kappa shape index (κ1) is 21.3. The molecule has 0 radical (unpaired) electrons. The van der Waals surface area contributed by atoms with Crippen LogP contribution < -0.4 is 9.80 Å². The first-order chi connectivity index (χ1) is 15.4. The third-order valence-electron chi connectivity index (χ3n) is 5.44. The molecule has 0 spiro atoms. The molecule has 162 valence electrons. The van der Waals surface area contributed by atoms with Crippen LogP contribution in [0.15, 0.2) is 84.6 Å². The molecule has 0 N–H and O–H groups in total. The molecule has 6 heteroatoms. The molecule has 3 aromatic rings. The number of likely N-dealkylation sites (N-methyl/N-ethyl adjacent to an activating group) is 1. The van der Waals surface area contributed by atoms with Crippen LogP contribution in [0.2, 0.25) is 0 Å². The van der Waals surface area contributed by atoms with Crippen LogP contribution in [0.25, 0.3) is 5.57 Å². The summed E-state index contributed by atoms with van der Waals surface area (Å²) in [6.45, 7) is 0.450. The monoisotopic (exact) mass is 429 g/mol. The van der Waals surface area contributed by atoms with Crippen molar-refractivity contribution in [1.82, 2.24) is 4.90 Å². The molecule has 2 amide bonds. The minimum atomic E-state index is -0.424. The smallest absolute Gasteiger partial charge is 0.282 e. The highest BCUT2D eigenvalue weighted by molar-refractivity contribution is 6.45. The Balaban J connectivity index is 1.79. The van der Waals surface area contributed by atoms with Crippen LogP contribution in [0.1, 0.15) is 11.1 Å². The molecule has 1 heterocycles. The van der Waals surface area contributed by atoms with Gasteiger partial charge in [-0.25, -0.2) is 9.29 Å². The number of carbonyl (C=O) groups is 2. The Morgan fingerprint density at radius 1 is 0.812 bits per heavy atom. The second-order valence-electron chi connectivity index (χ2n) is 7.93. The Bertz CT molecular complexity index is 1190. The topological polar surface area (TPSA) is 43.9 Å². The van der Waals surface area contributed by atoms with Crippen LogP contribution in [0, 0.1) is 5.82 Å². The molecule has 0 unspecified atom stereocenters. The zero-order valence-electron chi connectivity index (χ0n) is 18.2. The minimum Gasteiger partial charge on any atom is -0.378 e.